The van der Waals surface area contributed by atoms with Gasteiger partial charge in [-0.15, -0.1) is 0 Å². The van der Waals surface area contributed by atoms with Crippen molar-refractivity contribution < 1.29 is 14.3 Å². The number of nitrogens with one attached hydrogen (secondary N) is 1. The van der Waals surface area contributed by atoms with Crippen LogP contribution < -0.4 is 10.1 Å². The average molecular weight is 463 g/mol. The van der Waals surface area contributed by atoms with Gasteiger partial charge in [-0.3, -0.25) is 9.59 Å². The Bertz CT molecular complexity index is 1050. The molecule has 0 spiro atoms. The minimum atomic E-state index is -0.255. The van der Waals surface area contributed by atoms with E-state index in [1.54, 1.807) is 4.90 Å². The summed E-state index contributed by atoms with van der Waals surface area (Å²) in [6.45, 7) is 1.10. The molecule has 1 aliphatic rings. The minimum Gasteiger partial charge on any atom is -0.484 e. The maximum atomic E-state index is 13.1. The van der Waals surface area contributed by atoms with Gasteiger partial charge >= 0.3 is 0 Å². The van der Waals surface area contributed by atoms with Crippen LogP contribution in [0.4, 0.5) is 0 Å². The van der Waals surface area contributed by atoms with E-state index in [2.05, 4.69) is 5.32 Å². The van der Waals surface area contributed by atoms with E-state index in [9.17, 15) is 9.59 Å². The van der Waals surface area contributed by atoms with Crippen LogP contribution in [0, 0.1) is 5.92 Å². The first-order valence-corrected chi connectivity index (χ1v) is 11.5. The molecular weight excluding hydrogens is 436 g/mol. The summed E-state index contributed by atoms with van der Waals surface area (Å²) in [6, 6.07) is 26.5. The monoisotopic (exact) mass is 462 g/mol. The van der Waals surface area contributed by atoms with Gasteiger partial charge in [-0.1, -0.05) is 72.3 Å². The molecule has 3 aromatic carbocycles. The zero-order valence-corrected chi connectivity index (χ0v) is 19.1. The molecule has 1 aliphatic heterocycles. The van der Waals surface area contributed by atoms with Crippen LogP contribution >= 0.6 is 11.6 Å². The van der Waals surface area contributed by atoms with Crippen molar-refractivity contribution in [2.75, 3.05) is 19.7 Å². The molecule has 6 heteroatoms. The third-order valence-electron chi connectivity index (χ3n) is 5.95. The van der Waals surface area contributed by atoms with Crippen LogP contribution in [-0.2, 0) is 9.59 Å². The summed E-state index contributed by atoms with van der Waals surface area (Å²) in [7, 11) is 0. The number of nitrogens with zero attached hydrogens (tertiary/aromatic N) is 1. The third-order valence-corrected chi connectivity index (χ3v) is 6.20. The number of hydrogen-bond acceptors (Lipinski definition) is 3. The molecule has 0 aliphatic carbocycles. The van der Waals surface area contributed by atoms with Crippen molar-refractivity contribution in [1.82, 2.24) is 10.2 Å². The molecule has 0 aromatic heterocycles. The molecule has 0 bridgehead atoms. The molecule has 2 amide bonds. The molecule has 0 radical (unpaired) electrons. The number of carbonyl (C=O) groups excluding carboxylic acids is 2. The maximum Gasteiger partial charge on any atom is 0.260 e. The molecule has 1 N–H and O–H groups in total. The van der Waals surface area contributed by atoms with Crippen LogP contribution in [0.25, 0.3) is 0 Å². The van der Waals surface area contributed by atoms with Crippen molar-refractivity contribution in [3.05, 3.63) is 101 Å². The van der Waals surface area contributed by atoms with Crippen LogP contribution in [0.15, 0.2) is 84.9 Å². The molecular formula is C27H27ClN2O3. The number of ether oxygens (including phenoxy) is 1. The quantitative estimate of drug-likeness (QED) is 0.545. The van der Waals surface area contributed by atoms with Gasteiger partial charge in [0.05, 0.1) is 6.04 Å². The molecule has 0 saturated carbocycles. The molecule has 3 aromatic rings. The summed E-state index contributed by atoms with van der Waals surface area (Å²) >= 11 is 6.06. The first-order chi connectivity index (χ1) is 16.1. The Morgan fingerprint density at radius 2 is 1.45 bits per heavy atom. The maximum absolute atomic E-state index is 13.1. The van der Waals surface area contributed by atoms with Gasteiger partial charge < -0.3 is 15.0 Å². The second-order valence-electron chi connectivity index (χ2n) is 8.16. The van der Waals surface area contributed by atoms with E-state index in [0.717, 1.165) is 11.1 Å². The van der Waals surface area contributed by atoms with Gasteiger partial charge in [-0.25, -0.2) is 0 Å². The predicted molar refractivity (Wildman–Crippen MR) is 129 cm³/mol. The number of piperidine rings is 1. The lowest BCUT2D eigenvalue weighted by atomic mass is 9.93. The molecule has 5 nitrogen and oxygen atoms in total. The Morgan fingerprint density at radius 1 is 0.879 bits per heavy atom. The summed E-state index contributed by atoms with van der Waals surface area (Å²) in [5.74, 6) is 0.490. The summed E-state index contributed by atoms with van der Waals surface area (Å²) in [5.41, 5.74) is 1.99. The van der Waals surface area contributed by atoms with Crippen LogP contribution in [0.1, 0.15) is 30.0 Å². The van der Waals surface area contributed by atoms with Crippen molar-refractivity contribution in [2.45, 2.75) is 18.9 Å². The highest BCUT2D eigenvalue weighted by Gasteiger charge is 2.29. The molecule has 1 fully saturated rings. The topological polar surface area (TPSA) is 58.6 Å². The van der Waals surface area contributed by atoms with Crippen LogP contribution in [0.2, 0.25) is 5.02 Å². The molecule has 170 valence electrons. The summed E-state index contributed by atoms with van der Waals surface area (Å²) < 4.78 is 5.57. The van der Waals surface area contributed by atoms with E-state index in [1.807, 2.05) is 84.9 Å². The number of benzene rings is 3. The lowest BCUT2D eigenvalue weighted by Gasteiger charge is -2.32. The largest absolute Gasteiger partial charge is 0.484 e. The number of para-hydroxylation sites is 1. The fourth-order valence-electron chi connectivity index (χ4n) is 4.06. The van der Waals surface area contributed by atoms with E-state index in [1.165, 1.54) is 0 Å². The van der Waals surface area contributed by atoms with Gasteiger partial charge in [0.15, 0.2) is 6.61 Å². The number of amides is 2. The second-order valence-corrected chi connectivity index (χ2v) is 8.60. The van der Waals surface area contributed by atoms with E-state index < -0.39 is 0 Å². The summed E-state index contributed by atoms with van der Waals surface area (Å²) in [4.78, 5) is 27.4. The van der Waals surface area contributed by atoms with E-state index in [-0.39, 0.29) is 30.4 Å². The number of halogens is 1. The highest BCUT2D eigenvalue weighted by molar-refractivity contribution is 6.30. The Morgan fingerprint density at radius 3 is 2.09 bits per heavy atom. The smallest absolute Gasteiger partial charge is 0.260 e. The van der Waals surface area contributed by atoms with Crippen molar-refractivity contribution in [3.8, 4) is 5.75 Å². The lowest BCUT2D eigenvalue weighted by molar-refractivity contribution is -0.137. The van der Waals surface area contributed by atoms with Gasteiger partial charge in [0, 0.05) is 24.0 Å². The van der Waals surface area contributed by atoms with E-state index in [0.29, 0.717) is 36.7 Å². The Kier molecular flexibility index (Phi) is 7.63. The number of hydrogen-bond donors (Lipinski definition) is 1. The molecule has 4 rings (SSSR count). The fraction of sp³-hybridized carbons (Fsp3) is 0.259. The van der Waals surface area contributed by atoms with Crippen LogP contribution in [0.3, 0.4) is 0 Å². The van der Waals surface area contributed by atoms with Crippen molar-refractivity contribution in [3.63, 3.8) is 0 Å². The Balaban J connectivity index is 1.34. The highest BCUT2D eigenvalue weighted by Crippen LogP contribution is 2.26. The van der Waals surface area contributed by atoms with Crippen LogP contribution in [-0.4, -0.2) is 36.4 Å². The first kappa shape index (κ1) is 22.9. The normalized spacial score (nSPS) is 15.0. The average Bonchev–Trinajstić information content (AvgIpc) is 2.87. The molecule has 1 unspecified atom stereocenters. The molecule has 1 atom stereocenters. The second kappa shape index (κ2) is 11.0. The molecule has 33 heavy (non-hydrogen) atoms. The standard InChI is InChI=1S/C27H27ClN2O3/c28-23-13-11-21(12-14-23)26(20-7-3-1-4-8-20)29-27(32)22-15-17-30(18-16-22)25(31)19-33-24-9-5-2-6-10-24/h1-14,22,26H,15-19H2,(H,29,32). The fourth-order valence-corrected chi connectivity index (χ4v) is 4.19. The number of carbonyl (C=O) groups is 2. The predicted octanol–water partition coefficient (Wildman–Crippen LogP) is 4.86. The highest BCUT2D eigenvalue weighted by atomic mass is 35.5. The molecule has 1 saturated heterocycles. The number of rotatable bonds is 7. The van der Waals surface area contributed by atoms with Crippen molar-refractivity contribution in [2.24, 2.45) is 5.92 Å². The number of likely N-dealkylation sites (tertiary alicyclic amines) is 1. The van der Waals surface area contributed by atoms with Crippen molar-refractivity contribution in [1.29, 1.82) is 0 Å². The van der Waals surface area contributed by atoms with Crippen LogP contribution in [0.5, 0.6) is 5.75 Å². The van der Waals surface area contributed by atoms with Gasteiger partial charge in [-0.05, 0) is 48.2 Å². The molecule has 1 heterocycles. The summed E-state index contributed by atoms with van der Waals surface area (Å²) in [5, 5.41) is 3.88. The van der Waals surface area contributed by atoms with Gasteiger partial charge in [-0.2, -0.15) is 0 Å². The zero-order valence-electron chi connectivity index (χ0n) is 18.3. The van der Waals surface area contributed by atoms with Crippen molar-refractivity contribution >= 4 is 23.4 Å². The Hall–Kier alpha value is -3.31. The zero-order chi connectivity index (χ0) is 23.0. The van der Waals surface area contributed by atoms with E-state index >= 15 is 0 Å². The minimum absolute atomic E-state index is 0.00596. The van der Waals surface area contributed by atoms with Gasteiger partial charge in [0.2, 0.25) is 5.91 Å². The first-order valence-electron chi connectivity index (χ1n) is 11.2. The Labute approximate surface area is 199 Å². The summed E-state index contributed by atoms with van der Waals surface area (Å²) in [6.07, 6.45) is 1.26. The van der Waals surface area contributed by atoms with Gasteiger partial charge in [0.1, 0.15) is 5.75 Å². The lowest BCUT2D eigenvalue weighted by Crippen LogP contribution is -2.45. The van der Waals surface area contributed by atoms with E-state index in [4.69, 9.17) is 16.3 Å². The SMILES string of the molecule is O=C(NC(c1ccccc1)c1ccc(Cl)cc1)C1CCN(C(=O)COc2ccccc2)CC1. The van der Waals surface area contributed by atoms with Gasteiger partial charge in [0.25, 0.3) is 5.91 Å². The third kappa shape index (κ3) is 6.14.